The highest BCUT2D eigenvalue weighted by molar-refractivity contribution is 7.89. The van der Waals surface area contributed by atoms with E-state index in [1.807, 2.05) is 24.3 Å². The van der Waals surface area contributed by atoms with Gasteiger partial charge in [-0.25, -0.2) is 13.4 Å². The van der Waals surface area contributed by atoms with E-state index in [9.17, 15) is 8.42 Å². The lowest BCUT2D eigenvalue weighted by Crippen LogP contribution is -2.38. The smallest absolute Gasteiger partial charge is 0.243 e. The number of hydrogen-bond donors (Lipinski definition) is 2. The minimum absolute atomic E-state index is 0.255. The van der Waals surface area contributed by atoms with Crippen molar-refractivity contribution < 1.29 is 8.42 Å². The molecule has 7 heteroatoms. The van der Waals surface area contributed by atoms with Gasteiger partial charge in [0, 0.05) is 24.7 Å². The van der Waals surface area contributed by atoms with Crippen molar-refractivity contribution in [3.05, 3.63) is 54.4 Å². The fourth-order valence-corrected chi connectivity index (χ4v) is 4.79. The molecular formula is C18H20N4O2S. The molecule has 0 radical (unpaired) electrons. The molecule has 25 heavy (non-hydrogen) atoms. The second kappa shape index (κ2) is 6.16. The molecule has 6 nitrogen and oxygen atoms in total. The van der Waals surface area contributed by atoms with Crippen molar-refractivity contribution in [2.75, 3.05) is 18.8 Å². The molecule has 2 heterocycles. The monoisotopic (exact) mass is 356 g/mol. The van der Waals surface area contributed by atoms with Gasteiger partial charge in [-0.2, -0.15) is 4.31 Å². The van der Waals surface area contributed by atoms with E-state index in [-0.39, 0.29) is 5.92 Å². The van der Waals surface area contributed by atoms with Crippen molar-refractivity contribution in [2.24, 2.45) is 0 Å². The summed E-state index contributed by atoms with van der Waals surface area (Å²) in [6.45, 7) is 0.989. The van der Waals surface area contributed by atoms with Crippen molar-refractivity contribution in [3.8, 4) is 0 Å². The van der Waals surface area contributed by atoms with Crippen LogP contribution in [0, 0.1) is 0 Å². The van der Waals surface area contributed by atoms with Gasteiger partial charge in [0.05, 0.1) is 15.9 Å². The number of sulfonamides is 1. The summed E-state index contributed by atoms with van der Waals surface area (Å²) >= 11 is 0. The first-order valence-corrected chi connectivity index (χ1v) is 9.78. The van der Waals surface area contributed by atoms with Crippen LogP contribution in [0.1, 0.15) is 24.6 Å². The number of nitrogens with two attached hydrogens (primary N) is 1. The summed E-state index contributed by atoms with van der Waals surface area (Å²) in [6, 6.07) is 14.3. The van der Waals surface area contributed by atoms with Gasteiger partial charge >= 0.3 is 0 Å². The third-order valence-corrected chi connectivity index (χ3v) is 6.68. The molecule has 130 valence electrons. The number of hydrogen-bond acceptors (Lipinski definition) is 4. The zero-order chi connectivity index (χ0) is 17.4. The van der Waals surface area contributed by atoms with Crippen molar-refractivity contribution in [1.82, 2.24) is 14.3 Å². The first-order valence-electron chi connectivity index (χ1n) is 8.34. The van der Waals surface area contributed by atoms with Gasteiger partial charge in [-0.05, 0) is 49.2 Å². The Bertz CT molecular complexity index is 954. The van der Waals surface area contributed by atoms with Crippen LogP contribution >= 0.6 is 0 Å². The first-order chi connectivity index (χ1) is 12.0. The Morgan fingerprint density at radius 3 is 2.40 bits per heavy atom. The molecule has 1 fully saturated rings. The number of nitrogens with zero attached hydrogens (tertiary/aromatic N) is 2. The van der Waals surface area contributed by atoms with E-state index in [0.717, 1.165) is 29.7 Å². The zero-order valence-electron chi connectivity index (χ0n) is 13.7. The summed E-state index contributed by atoms with van der Waals surface area (Å²) in [5, 5.41) is 0. The number of anilines is 1. The Balaban J connectivity index is 1.50. The molecule has 0 bridgehead atoms. The van der Waals surface area contributed by atoms with Crippen molar-refractivity contribution >= 4 is 26.7 Å². The predicted molar refractivity (Wildman–Crippen MR) is 97.7 cm³/mol. The molecule has 3 N–H and O–H groups in total. The summed E-state index contributed by atoms with van der Waals surface area (Å²) in [4.78, 5) is 8.31. The van der Waals surface area contributed by atoms with Crippen LogP contribution in [0.15, 0.2) is 53.4 Å². The van der Waals surface area contributed by atoms with Gasteiger partial charge in [0.2, 0.25) is 10.0 Å². The Morgan fingerprint density at radius 1 is 1.04 bits per heavy atom. The standard InChI is InChI=1S/C18H20N4O2S/c19-14-5-7-15(8-6-14)25(23,24)22-11-9-13(10-12-22)18-20-16-3-1-2-4-17(16)21-18/h1-8,13H,9-12,19H2,(H,20,21). The largest absolute Gasteiger partial charge is 0.399 e. The van der Waals surface area contributed by atoms with E-state index in [1.54, 1.807) is 28.6 Å². The lowest BCUT2D eigenvalue weighted by molar-refractivity contribution is 0.314. The number of aromatic amines is 1. The van der Waals surface area contributed by atoms with Crippen LogP contribution in [0.4, 0.5) is 5.69 Å². The fourth-order valence-electron chi connectivity index (χ4n) is 3.32. The van der Waals surface area contributed by atoms with Gasteiger partial charge in [-0.1, -0.05) is 12.1 Å². The zero-order valence-corrected chi connectivity index (χ0v) is 14.5. The summed E-state index contributed by atoms with van der Waals surface area (Å²) < 4.78 is 27.0. The van der Waals surface area contributed by atoms with Crippen molar-refractivity contribution in [1.29, 1.82) is 0 Å². The second-order valence-electron chi connectivity index (χ2n) is 6.39. The maximum atomic E-state index is 12.7. The Hall–Kier alpha value is -2.38. The summed E-state index contributed by atoms with van der Waals surface area (Å²) in [7, 11) is -3.46. The minimum Gasteiger partial charge on any atom is -0.399 e. The molecular weight excluding hydrogens is 336 g/mol. The average Bonchev–Trinajstić information content (AvgIpc) is 3.06. The third-order valence-electron chi connectivity index (χ3n) is 4.77. The molecule has 0 amide bonds. The number of para-hydroxylation sites is 2. The van der Waals surface area contributed by atoms with Crippen LogP contribution in [0.25, 0.3) is 11.0 Å². The van der Waals surface area contributed by atoms with Crippen molar-refractivity contribution in [2.45, 2.75) is 23.7 Å². The number of nitrogen functional groups attached to an aromatic ring is 1. The summed E-state index contributed by atoms with van der Waals surface area (Å²) in [6.07, 6.45) is 1.52. The van der Waals surface area contributed by atoms with E-state index >= 15 is 0 Å². The molecule has 2 aromatic carbocycles. The minimum atomic E-state index is -3.46. The van der Waals surface area contributed by atoms with E-state index in [1.165, 1.54) is 0 Å². The molecule has 1 aliphatic heterocycles. The molecule has 0 saturated carbocycles. The highest BCUT2D eigenvalue weighted by Crippen LogP contribution is 2.30. The number of benzene rings is 2. The molecule has 0 spiro atoms. The van der Waals surface area contributed by atoms with E-state index in [4.69, 9.17) is 5.73 Å². The van der Waals surface area contributed by atoms with E-state index in [2.05, 4.69) is 9.97 Å². The number of imidazole rings is 1. The van der Waals surface area contributed by atoms with Gasteiger partial charge in [0.25, 0.3) is 0 Å². The topological polar surface area (TPSA) is 92.1 Å². The molecule has 3 aromatic rings. The van der Waals surface area contributed by atoms with Crippen LogP contribution in [0.3, 0.4) is 0 Å². The van der Waals surface area contributed by atoms with Gasteiger partial charge in [-0.3, -0.25) is 0 Å². The van der Waals surface area contributed by atoms with Crippen LogP contribution in [-0.2, 0) is 10.0 Å². The van der Waals surface area contributed by atoms with Crippen molar-refractivity contribution in [3.63, 3.8) is 0 Å². The van der Waals surface area contributed by atoms with Gasteiger partial charge in [0.15, 0.2) is 0 Å². The normalized spacial score (nSPS) is 17.1. The quantitative estimate of drug-likeness (QED) is 0.706. The average molecular weight is 356 g/mol. The van der Waals surface area contributed by atoms with Crippen LogP contribution in [0.5, 0.6) is 0 Å². The van der Waals surface area contributed by atoms with Gasteiger partial charge in [-0.15, -0.1) is 0 Å². The lowest BCUT2D eigenvalue weighted by atomic mass is 9.97. The molecule has 0 atom stereocenters. The third kappa shape index (κ3) is 3.01. The van der Waals surface area contributed by atoms with Gasteiger partial charge in [0.1, 0.15) is 5.82 Å². The lowest BCUT2D eigenvalue weighted by Gasteiger charge is -2.30. The Labute approximate surface area is 146 Å². The highest BCUT2D eigenvalue weighted by Gasteiger charge is 2.30. The number of nitrogens with one attached hydrogen (secondary N) is 1. The molecule has 0 aliphatic carbocycles. The highest BCUT2D eigenvalue weighted by atomic mass is 32.2. The SMILES string of the molecule is Nc1ccc(S(=O)(=O)N2CCC(c3nc4ccccc4[nH]3)CC2)cc1. The summed E-state index contributed by atoms with van der Waals surface area (Å²) in [5.74, 6) is 1.20. The molecule has 1 aromatic heterocycles. The molecule has 0 unspecified atom stereocenters. The van der Waals surface area contributed by atoms with E-state index in [0.29, 0.717) is 23.7 Å². The first kappa shape index (κ1) is 16.1. The second-order valence-corrected chi connectivity index (χ2v) is 8.32. The Morgan fingerprint density at radius 2 is 1.72 bits per heavy atom. The number of rotatable bonds is 3. The maximum absolute atomic E-state index is 12.7. The fraction of sp³-hybridized carbons (Fsp3) is 0.278. The molecule has 1 aliphatic rings. The Kier molecular flexibility index (Phi) is 3.97. The van der Waals surface area contributed by atoms with Crippen LogP contribution in [-0.4, -0.2) is 35.8 Å². The molecule has 4 rings (SSSR count). The number of piperidine rings is 1. The van der Waals surface area contributed by atoms with Crippen LogP contribution in [0.2, 0.25) is 0 Å². The number of H-pyrrole nitrogens is 1. The number of aromatic nitrogens is 2. The molecule has 1 saturated heterocycles. The number of fused-ring (bicyclic) bond motifs is 1. The van der Waals surface area contributed by atoms with Gasteiger partial charge < -0.3 is 10.7 Å². The van der Waals surface area contributed by atoms with E-state index < -0.39 is 10.0 Å². The predicted octanol–water partition coefficient (Wildman–Crippen LogP) is 2.71. The maximum Gasteiger partial charge on any atom is 0.243 e. The van der Waals surface area contributed by atoms with Crippen LogP contribution < -0.4 is 5.73 Å². The summed E-state index contributed by atoms with van der Waals surface area (Å²) in [5.41, 5.74) is 8.18.